The van der Waals surface area contributed by atoms with Gasteiger partial charge in [0.15, 0.2) is 6.10 Å². The first kappa shape index (κ1) is 12.8. The summed E-state index contributed by atoms with van der Waals surface area (Å²) in [5.41, 5.74) is 0. The van der Waals surface area contributed by atoms with Gasteiger partial charge < -0.3 is 10.4 Å². The van der Waals surface area contributed by atoms with Crippen LogP contribution in [0.5, 0.6) is 0 Å². The van der Waals surface area contributed by atoms with Crippen molar-refractivity contribution in [2.24, 2.45) is 5.92 Å². The first-order valence-electron chi connectivity index (χ1n) is 5.56. The van der Waals surface area contributed by atoms with E-state index < -0.39 is 12.3 Å². The van der Waals surface area contributed by atoms with Gasteiger partial charge in [-0.2, -0.15) is 13.2 Å². The van der Waals surface area contributed by atoms with Gasteiger partial charge in [0.05, 0.1) is 6.54 Å². The van der Waals surface area contributed by atoms with E-state index in [-0.39, 0.29) is 6.54 Å². The van der Waals surface area contributed by atoms with Gasteiger partial charge in [-0.1, -0.05) is 19.3 Å². The van der Waals surface area contributed by atoms with Crippen molar-refractivity contribution in [3.8, 4) is 0 Å². The zero-order valence-corrected chi connectivity index (χ0v) is 8.76. The van der Waals surface area contributed by atoms with Crippen molar-refractivity contribution in [1.29, 1.82) is 0 Å². The lowest BCUT2D eigenvalue weighted by atomic mass is 9.89. The number of nitrogens with two attached hydrogens (primary N) is 1. The molecule has 0 saturated heterocycles. The topological polar surface area (TPSA) is 36.8 Å². The van der Waals surface area contributed by atoms with Crippen molar-refractivity contribution in [2.75, 3.05) is 13.1 Å². The van der Waals surface area contributed by atoms with E-state index in [9.17, 15) is 13.2 Å². The van der Waals surface area contributed by atoms with Crippen LogP contribution in [0.1, 0.15) is 32.1 Å². The van der Waals surface area contributed by atoms with Gasteiger partial charge >= 0.3 is 6.18 Å². The van der Waals surface area contributed by atoms with Crippen LogP contribution < -0.4 is 5.32 Å². The largest absolute Gasteiger partial charge is 0.419 e. The summed E-state index contributed by atoms with van der Waals surface area (Å²) in [6.45, 7) is 0.452. The second-order valence-corrected chi connectivity index (χ2v) is 4.32. The second kappa shape index (κ2) is 5.70. The summed E-state index contributed by atoms with van der Waals surface area (Å²) in [4.78, 5) is 0. The SMILES string of the molecule is O[C@H](C[NH2+]CC1CCCCC1)C(F)(F)F. The minimum atomic E-state index is -4.47. The fourth-order valence-electron chi connectivity index (χ4n) is 2.05. The molecule has 3 N–H and O–H groups in total. The lowest BCUT2D eigenvalue weighted by Crippen LogP contribution is -2.88. The molecule has 5 heteroatoms. The molecule has 0 radical (unpaired) electrons. The van der Waals surface area contributed by atoms with E-state index in [1.807, 2.05) is 0 Å². The van der Waals surface area contributed by atoms with Gasteiger partial charge in [-0.3, -0.25) is 0 Å². The first-order valence-corrected chi connectivity index (χ1v) is 5.56. The van der Waals surface area contributed by atoms with Crippen LogP contribution in [0.2, 0.25) is 0 Å². The molecule has 0 aromatic rings. The van der Waals surface area contributed by atoms with Crippen LogP contribution in [-0.4, -0.2) is 30.5 Å². The van der Waals surface area contributed by atoms with Gasteiger partial charge in [0, 0.05) is 5.92 Å². The number of aliphatic hydroxyl groups is 1. The number of aliphatic hydroxyl groups excluding tert-OH is 1. The summed E-state index contributed by atoms with van der Waals surface area (Å²) in [6.07, 6.45) is -0.760. The van der Waals surface area contributed by atoms with Gasteiger partial charge in [0.25, 0.3) is 0 Å². The maximum atomic E-state index is 11.9. The summed E-state index contributed by atoms with van der Waals surface area (Å²) < 4.78 is 35.8. The highest BCUT2D eigenvalue weighted by molar-refractivity contribution is 4.65. The van der Waals surface area contributed by atoms with Crippen LogP contribution in [0.15, 0.2) is 0 Å². The van der Waals surface area contributed by atoms with E-state index in [1.165, 1.54) is 19.3 Å². The second-order valence-electron chi connectivity index (χ2n) is 4.32. The summed E-state index contributed by atoms with van der Waals surface area (Å²) in [6, 6.07) is 0. The number of hydrogen-bond donors (Lipinski definition) is 2. The molecular weight excluding hydrogens is 207 g/mol. The number of quaternary nitrogens is 1. The molecule has 0 aromatic heterocycles. The summed E-state index contributed by atoms with van der Waals surface area (Å²) in [5.74, 6) is 0.541. The van der Waals surface area contributed by atoms with Gasteiger partial charge in [-0.05, 0) is 12.8 Å². The molecule has 0 spiro atoms. The maximum Gasteiger partial charge on any atom is 0.419 e. The van der Waals surface area contributed by atoms with Crippen LogP contribution in [0.25, 0.3) is 0 Å². The molecule has 0 aromatic carbocycles. The summed E-state index contributed by atoms with van der Waals surface area (Å²) >= 11 is 0. The molecule has 1 fully saturated rings. The molecule has 1 saturated carbocycles. The van der Waals surface area contributed by atoms with Crippen LogP contribution in [0.4, 0.5) is 13.2 Å². The van der Waals surface area contributed by atoms with Gasteiger partial charge in [0.2, 0.25) is 0 Å². The highest BCUT2D eigenvalue weighted by Crippen LogP contribution is 2.22. The summed E-state index contributed by atoms with van der Waals surface area (Å²) in [5, 5.41) is 10.4. The van der Waals surface area contributed by atoms with Crippen LogP contribution >= 0.6 is 0 Å². The Morgan fingerprint density at radius 2 is 1.80 bits per heavy atom. The molecule has 0 unspecified atom stereocenters. The Morgan fingerprint density at radius 1 is 1.20 bits per heavy atom. The third kappa shape index (κ3) is 4.84. The van der Waals surface area contributed by atoms with Gasteiger partial charge in [0.1, 0.15) is 6.54 Å². The molecule has 1 aliphatic rings. The van der Waals surface area contributed by atoms with E-state index in [4.69, 9.17) is 5.11 Å². The standard InChI is InChI=1S/C10H18F3NO/c11-10(12,13)9(15)7-14-6-8-4-2-1-3-5-8/h8-9,14-15H,1-7H2/p+1/t9-/m1/s1. The predicted octanol–water partition coefficient (Wildman–Crippen LogP) is 1.05. The van der Waals surface area contributed by atoms with Crippen LogP contribution in [-0.2, 0) is 0 Å². The Labute approximate surface area is 87.9 Å². The van der Waals surface area contributed by atoms with E-state index in [1.54, 1.807) is 5.32 Å². The van der Waals surface area contributed by atoms with E-state index >= 15 is 0 Å². The number of rotatable bonds is 4. The Bertz CT molecular complexity index is 178. The maximum absolute atomic E-state index is 11.9. The molecule has 90 valence electrons. The fraction of sp³-hybridized carbons (Fsp3) is 1.00. The number of hydrogen-bond acceptors (Lipinski definition) is 1. The first-order chi connectivity index (χ1) is 7.00. The Kier molecular flexibility index (Phi) is 4.86. The van der Waals surface area contributed by atoms with Crippen LogP contribution in [0, 0.1) is 5.92 Å². The Hall–Kier alpha value is -0.290. The lowest BCUT2D eigenvalue weighted by molar-refractivity contribution is -0.670. The predicted molar refractivity (Wildman–Crippen MR) is 50.3 cm³/mol. The molecule has 1 rings (SSSR count). The minimum Gasteiger partial charge on any atom is -0.379 e. The third-order valence-electron chi connectivity index (χ3n) is 2.99. The zero-order chi connectivity index (χ0) is 11.3. The zero-order valence-electron chi connectivity index (χ0n) is 8.76. The lowest BCUT2D eigenvalue weighted by Gasteiger charge is -2.21. The number of halogens is 3. The molecule has 0 heterocycles. The summed E-state index contributed by atoms with van der Waals surface area (Å²) in [7, 11) is 0. The Morgan fingerprint density at radius 3 is 2.33 bits per heavy atom. The molecule has 2 nitrogen and oxygen atoms in total. The van der Waals surface area contributed by atoms with Crippen molar-refractivity contribution < 1.29 is 23.6 Å². The average molecular weight is 226 g/mol. The van der Waals surface area contributed by atoms with Gasteiger partial charge in [-0.25, -0.2) is 0 Å². The molecule has 1 atom stereocenters. The molecular formula is C10H19F3NO+. The van der Waals surface area contributed by atoms with E-state index in [0.717, 1.165) is 12.8 Å². The quantitative estimate of drug-likeness (QED) is 0.738. The number of alkyl halides is 3. The minimum absolute atomic E-state index is 0.264. The monoisotopic (exact) mass is 226 g/mol. The van der Waals surface area contributed by atoms with Crippen molar-refractivity contribution in [3.05, 3.63) is 0 Å². The smallest absolute Gasteiger partial charge is 0.379 e. The van der Waals surface area contributed by atoms with Crippen LogP contribution in [0.3, 0.4) is 0 Å². The average Bonchev–Trinajstić information content (AvgIpc) is 2.18. The molecule has 15 heavy (non-hydrogen) atoms. The third-order valence-corrected chi connectivity index (χ3v) is 2.99. The van der Waals surface area contributed by atoms with Crippen molar-refractivity contribution in [3.63, 3.8) is 0 Å². The van der Waals surface area contributed by atoms with Gasteiger partial charge in [-0.15, -0.1) is 0 Å². The van der Waals surface area contributed by atoms with Crippen molar-refractivity contribution in [1.82, 2.24) is 0 Å². The van der Waals surface area contributed by atoms with E-state index in [0.29, 0.717) is 12.5 Å². The highest BCUT2D eigenvalue weighted by atomic mass is 19.4. The molecule has 1 aliphatic carbocycles. The molecule has 0 bridgehead atoms. The molecule has 0 amide bonds. The Balaban J connectivity index is 2.10. The normalized spacial score (nSPS) is 21.6. The van der Waals surface area contributed by atoms with Crippen molar-refractivity contribution >= 4 is 0 Å². The highest BCUT2D eigenvalue weighted by Gasteiger charge is 2.39. The van der Waals surface area contributed by atoms with E-state index in [2.05, 4.69) is 0 Å². The molecule has 0 aliphatic heterocycles. The fourth-order valence-corrected chi connectivity index (χ4v) is 2.05. The van der Waals surface area contributed by atoms with Crippen molar-refractivity contribution in [2.45, 2.75) is 44.4 Å².